The number of halogens is 1. The summed E-state index contributed by atoms with van der Waals surface area (Å²) in [6.07, 6.45) is 2.11. The van der Waals surface area contributed by atoms with E-state index in [1.54, 1.807) is 0 Å². The van der Waals surface area contributed by atoms with Gasteiger partial charge in [-0.15, -0.1) is 24.0 Å². The van der Waals surface area contributed by atoms with Crippen LogP contribution in [0.25, 0.3) is 0 Å². The molecule has 0 aromatic heterocycles. The average molecular weight is 508 g/mol. The third-order valence-electron chi connectivity index (χ3n) is 4.04. The molecular formula is C19H33IN4O2S. The highest BCUT2D eigenvalue weighted by atomic mass is 127. The number of rotatable bonds is 10. The van der Waals surface area contributed by atoms with Gasteiger partial charge in [0.25, 0.3) is 0 Å². The van der Waals surface area contributed by atoms with Crippen molar-refractivity contribution < 1.29 is 9.47 Å². The Bertz CT molecular complexity index is 542. The first-order chi connectivity index (χ1) is 12.8. The monoisotopic (exact) mass is 508 g/mol. The molecule has 27 heavy (non-hydrogen) atoms. The van der Waals surface area contributed by atoms with Crippen molar-refractivity contribution in [2.24, 2.45) is 4.99 Å². The van der Waals surface area contributed by atoms with E-state index < -0.39 is 0 Å². The maximum Gasteiger partial charge on any atom is 0.191 e. The van der Waals surface area contributed by atoms with Gasteiger partial charge in [0.2, 0.25) is 0 Å². The summed E-state index contributed by atoms with van der Waals surface area (Å²) < 4.78 is 11.3. The molecule has 1 aliphatic rings. The van der Waals surface area contributed by atoms with Gasteiger partial charge in [-0.2, -0.15) is 11.8 Å². The van der Waals surface area contributed by atoms with Crippen LogP contribution in [-0.4, -0.2) is 75.4 Å². The van der Waals surface area contributed by atoms with Crippen LogP contribution in [0.5, 0.6) is 5.75 Å². The van der Waals surface area contributed by atoms with Crippen LogP contribution >= 0.6 is 35.7 Å². The third kappa shape index (κ3) is 10.4. The Morgan fingerprint density at radius 3 is 2.85 bits per heavy atom. The number of morpholine rings is 1. The van der Waals surface area contributed by atoms with Crippen LogP contribution in [0.2, 0.25) is 0 Å². The van der Waals surface area contributed by atoms with Crippen molar-refractivity contribution in [3.63, 3.8) is 0 Å². The number of hydrogen-bond donors (Lipinski definition) is 2. The Morgan fingerprint density at radius 1 is 1.30 bits per heavy atom. The second-order valence-electron chi connectivity index (χ2n) is 6.06. The molecule has 1 saturated heterocycles. The molecule has 0 spiro atoms. The van der Waals surface area contributed by atoms with Crippen LogP contribution < -0.4 is 15.4 Å². The average Bonchev–Trinajstić information content (AvgIpc) is 2.67. The fraction of sp³-hybridized carbons (Fsp3) is 0.632. The number of hydrogen-bond acceptors (Lipinski definition) is 5. The highest BCUT2D eigenvalue weighted by Gasteiger charge is 2.09. The fourth-order valence-electron chi connectivity index (χ4n) is 2.63. The molecule has 1 aromatic rings. The number of nitrogens with zero attached hydrogens (tertiary/aromatic N) is 2. The molecule has 0 radical (unpaired) electrons. The lowest BCUT2D eigenvalue weighted by Gasteiger charge is -2.26. The summed E-state index contributed by atoms with van der Waals surface area (Å²) in [4.78, 5) is 7.03. The molecule has 1 aliphatic heterocycles. The number of ether oxygens (including phenoxy) is 2. The van der Waals surface area contributed by atoms with Gasteiger partial charge in [-0.3, -0.25) is 4.90 Å². The van der Waals surface area contributed by atoms with Gasteiger partial charge in [0.15, 0.2) is 5.96 Å². The van der Waals surface area contributed by atoms with Gasteiger partial charge >= 0.3 is 0 Å². The number of aliphatic imine (C=N–C) groups is 1. The van der Waals surface area contributed by atoms with Gasteiger partial charge in [0, 0.05) is 38.5 Å². The Balaban J connectivity index is 0.00000364. The van der Waals surface area contributed by atoms with Crippen molar-refractivity contribution in [2.45, 2.75) is 13.5 Å². The molecule has 0 aliphatic carbocycles. The van der Waals surface area contributed by atoms with E-state index in [9.17, 15) is 0 Å². The van der Waals surface area contributed by atoms with Gasteiger partial charge < -0.3 is 20.1 Å². The SMILES string of the molecule is CCNC(=NCc1cccc(OCCN2CCOCC2)c1)NCCSC.I. The number of nitrogens with one attached hydrogen (secondary N) is 2. The van der Waals surface area contributed by atoms with Crippen LogP contribution in [0.4, 0.5) is 0 Å². The molecule has 2 N–H and O–H groups in total. The molecule has 0 saturated carbocycles. The highest BCUT2D eigenvalue weighted by Crippen LogP contribution is 2.14. The lowest BCUT2D eigenvalue weighted by Crippen LogP contribution is -2.38. The van der Waals surface area contributed by atoms with Crippen LogP contribution in [0.1, 0.15) is 12.5 Å². The fourth-order valence-corrected chi connectivity index (χ4v) is 2.94. The zero-order valence-corrected chi connectivity index (χ0v) is 19.6. The minimum absolute atomic E-state index is 0. The third-order valence-corrected chi connectivity index (χ3v) is 4.65. The maximum absolute atomic E-state index is 5.92. The molecule has 0 atom stereocenters. The summed E-state index contributed by atoms with van der Waals surface area (Å²) in [6, 6.07) is 8.20. The van der Waals surface area contributed by atoms with Crippen molar-refractivity contribution in [3.8, 4) is 5.75 Å². The summed E-state index contributed by atoms with van der Waals surface area (Å²) in [5.74, 6) is 2.84. The van der Waals surface area contributed by atoms with Crippen LogP contribution in [0.3, 0.4) is 0 Å². The quantitative estimate of drug-likeness (QED) is 0.219. The van der Waals surface area contributed by atoms with Crippen LogP contribution in [0, 0.1) is 0 Å². The predicted octanol–water partition coefficient (Wildman–Crippen LogP) is 2.43. The van der Waals surface area contributed by atoms with E-state index in [4.69, 9.17) is 9.47 Å². The van der Waals surface area contributed by atoms with Crippen molar-refractivity contribution in [2.75, 3.05) is 64.6 Å². The Labute approximate surface area is 184 Å². The first-order valence-electron chi connectivity index (χ1n) is 9.34. The minimum Gasteiger partial charge on any atom is -0.492 e. The van der Waals surface area contributed by atoms with Gasteiger partial charge in [-0.25, -0.2) is 4.99 Å². The standard InChI is InChI=1S/C19H32N4O2S.HI/c1-3-20-19(21-7-14-26-2)22-16-17-5-4-6-18(15-17)25-13-10-23-8-11-24-12-9-23;/h4-6,15H,3,7-14,16H2,1-2H3,(H2,20,21,22);1H. The molecule has 2 rings (SSSR count). The molecule has 0 amide bonds. The number of guanidine groups is 1. The Hall–Kier alpha value is -0.710. The van der Waals surface area contributed by atoms with E-state index in [2.05, 4.69) is 45.8 Å². The molecule has 1 fully saturated rings. The van der Waals surface area contributed by atoms with Gasteiger partial charge in [0.05, 0.1) is 19.8 Å². The lowest BCUT2D eigenvalue weighted by atomic mass is 10.2. The van der Waals surface area contributed by atoms with Crippen LogP contribution in [0.15, 0.2) is 29.3 Å². The summed E-state index contributed by atoms with van der Waals surface area (Å²) in [7, 11) is 0. The van der Waals surface area contributed by atoms with Crippen LogP contribution in [-0.2, 0) is 11.3 Å². The van der Waals surface area contributed by atoms with Gasteiger partial charge in [-0.05, 0) is 30.9 Å². The lowest BCUT2D eigenvalue weighted by molar-refractivity contribution is 0.0322. The maximum atomic E-state index is 5.92. The van der Waals surface area contributed by atoms with Crippen molar-refractivity contribution in [3.05, 3.63) is 29.8 Å². The summed E-state index contributed by atoms with van der Waals surface area (Å²) in [6.45, 7) is 9.77. The van der Waals surface area contributed by atoms with E-state index in [0.717, 1.165) is 69.0 Å². The predicted molar refractivity (Wildman–Crippen MR) is 126 cm³/mol. The van der Waals surface area contributed by atoms with Crippen molar-refractivity contribution in [1.82, 2.24) is 15.5 Å². The first kappa shape index (κ1) is 24.3. The highest BCUT2D eigenvalue weighted by molar-refractivity contribution is 14.0. The van der Waals surface area contributed by atoms with E-state index in [0.29, 0.717) is 13.2 Å². The summed E-state index contributed by atoms with van der Waals surface area (Å²) >= 11 is 1.82. The minimum atomic E-state index is 0. The molecule has 0 unspecified atom stereocenters. The normalized spacial score (nSPS) is 15.1. The number of thioether (sulfide) groups is 1. The molecular weight excluding hydrogens is 475 g/mol. The number of benzene rings is 1. The van der Waals surface area contributed by atoms with Crippen molar-refractivity contribution in [1.29, 1.82) is 0 Å². The Kier molecular flexibility index (Phi) is 13.7. The largest absolute Gasteiger partial charge is 0.492 e. The van der Waals surface area contributed by atoms with E-state index in [-0.39, 0.29) is 24.0 Å². The van der Waals surface area contributed by atoms with Gasteiger partial charge in [-0.1, -0.05) is 12.1 Å². The van der Waals surface area contributed by atoms with Gasteiger partial charge in [0.1, 0.15) is 12.4 Å². The zero-order chi connectivity index (χ0) is 18.5. The smallest absolute Gasteiger partial charge is 0.191 e. The molecule has 6 nitrogen and oxygen atoms in total. The molecule has 1 aromatic carbocycles. The topological polar surface area (TPSA) is 58.1 Å². The Morgan fingerprint density at radius 2 is 2.11 bits per heavy atom. The van der Waals surface area contributed by atoms with E-state index in [1.165, 1.54) is 0 Å². The second-order valence-corrected chi connectivity index (χ2v) is 7.05. The molecule has 0 bridgehead atoms. The molecule has 1 heterocycles. The second kappa shape index (κ2) is 15.2. The summed E-state index contributed by atoms with van der Waals surface area (Å²) in [5.41, 5.74) is 1.15. The first-order valence-corrected chi connectivity index (χ1v) is 10.7. The molecule has 154 valence electrons. The van der Waals surface area contributed by atoms with E-state index in [1.807, 2.05) is 23.9 Å². The molecule has 8 heteroatoms. The van der Waals surface area contributed by atoms with Crippen molar-refractivity contribution >= 4 is 41.7 Å². The zero-order valence-electron chi connectivity index (χ0n) is 16.4. The van der Waals surface area contributed by atoms with E-state index >= 15 is 0 Å². The summed E-state index contributed by atoms with van der Waals surface area (Å²) in [5, 5.41) is 6.63.